The second kappa shape index (κ2) is 6.83. The van der Waals surface area contributed by atoms with Crippen molar-refractivity contribution in [3.8, 4) is 5.75 Å². The van der Waals surface area contributed by atoms with E-state index in [1.807, 2.05) is 36.2 Å². The molecule has 6 heteroatoms. The van der Waals surface area contributed by atoms with Crippen LogP contribution in [0.3, 0.4) is 0 Å². The quantitative estimate of drug-likeness (QED) is 0.858. The topological polar surface area (TPSA) is 56.6 Å². The minimum absolute atomic E-state index is 0.00326. The van der Waals surface area contributed by atoms with E-state index in [0.29, 0.717) is 25.3 Å². The van der Waals surface area contributed by atoms with Crippen molar-refractivity contribution >= 4 is 5.91 Å². The zero-order valence-electron chi connectivity index (χ0n) is 13.4. The van der Waals surface area contributed by atoms with Crippen molar-refractivity contribution in [1.82, 2.24) is 14.7 Å². The highest BCUT2D eigenvalue weighted by atomic mass is 16.5. The number of hydrogen-bond acceptors (Lipinski definition) is 4. The molecule has 0 spiro atoms. The highest BCUT2D eigenvalue weighted by Crippen LogP contribution is 2.18. The monoisotopic (exact) mass is 315 g/mol. The van der Waals surface area contributed by atoms with Crippen LogP contribution in [0.5, 0.6) is 5.75 Å². The van der Waals surface area contributed by atoms with Crippen LogP contribution < -0.4 is 4.74 Å². The molecule has 0 saturated carbocycles. The number of aryl methyl sites for hydroxylation is 1. The molecule has 1 aromatic heterocycles. The zero-order valence-corrected chi connectivity index (χ0v) is 13.4. The van der Waals surface area contributed by atoms with Crippen molar-refractivity contribution in [2.24, 2.45) is 7.05 Å². The smallest absolute Gasteiger partial charge is 0.257 e. The van der Waals surface area contributed by atoms with Crippen LogP contribution in [0.1, 0.15) is 15.9 Å². The SMILES string of the molecule is COc1cccc(C[C@@H]2CN(C(=O)c3cnn(C)c3)CCO2)c1. The Labute approximate surface area is 135 Å². The van der Waals surface area contributed by atoms with Gasteiger partial charge < -0.3 is 14.4 Å². The van der Waals surface area contributed by atoms with Crippen LogP contribution in [-0.2, 0) is 18.2 Å². The van der Waals surface area contributed by atoms with Crippen molar-refractivity contribution < 1.29 is 14.3 Å². The summed E-state index contributed by atoms with van der Waals surface area (Å²) in [6.45, 7) is 1.76. The highest BCUT2D eigenvalue weighted by molar-refractivity contribution is 5.93. The molecular weight excluding hydrogens is 294 g/mol. The minimum Gasteiger partial charge on any atom is -0.497 e. The van der Waals surface area contributed by atoms with Crippen LogP contribution >= 0.6 is 0 Å². The summed E-state index contributed by atoms with van der Waals surface area (Å²) in [6, 6.07) is 7.94. The molecule has 6 nitrogen and oxygen atoms in total. The number of carbonyl (C=O) groups is 1. The summed E-state index contributed by atoms with van der Waals surface area (Å²) in [6.07, 6.45) is 4.11. The first-order chi connectivity index (χ1) is 11.2. The van der Waals surface area contributed by atoms with Crippen LogP contribution in [0.15, 0.2) is 36.7 Å². The van der Waals surface area contributed by atoms with Gasteiger partial charge >= 0.3 is 0 Å². The normalized spacial score (nSPS) is 18.0. The Kier molecular flexibility index (Phi) is 4.62. The number of carbonyl (C=O) groups excluding carboxylic acids is 1. The summed E-state index contributed by atoms with van der Waals surface area (Å²) in [5.41, 5.74) is 1.76. The number of amides is 1. The second-order valence-electron chi connectivity index (χ2n) is 5.70. The maximum absolute atomic E-state index is 12.5. The fourth-order valence-electron chi connectivity index (χ4n) is 2.80. The molecule has 3 rings (SSSR count). The van der Waals surface area contributed by atoms with E-state index in [4.69, 9.17) is 9.47 Å². The Hall–Kier alpha value is -2.34. The van der Waals surface area contributed by atoms with E-state index in [0.717, 1.165) is 17.7 Å². The Morgan fingerprint density at radius 1 is 1.48 bits per heavy atom. The van der Waals surface area contributed by atoms with Crippen molar-refractivity contribution in [3.05, 3.63) is 47.8 Å². The van der Waals surface area contributed by atoms with Gasteiger partial charge in [0.1, 0.15) is 5.75 Å². The molecule has 0 N–H and O–H groups in total. The molecule has 1 fully saturated rings. The van der Waals surface area contributed by atoms with Crippen LogP contribution in [0, 0.1) is 0 Å². The van der Waals surface area contributed by atoms with Gasteiger partial charge in [0.05, 0.1) is 31.6 Å². The summed E-state index contributed by atoms with van der Waals surface area (Å²) in [7, 11) is 3.46. The van der Waals surface area contributed by atoms with E-state index in [-0.39, 0.29) is 12.0 Å². The standard InChI is InChI=1S/C17H21N3O3/c1-19-11-14(10-18-19)17(21)20-6-7-23-16(12-20)9-13-4-3-5-15(8-13)22-2/h3-5,8,10-11,16H,6-7,9,12H2,1-2H3/t16-/m1/s1. The first-order valence-electron chi connectivity index (χ1n) is 7.68. The number of nitrogens with zero attached hydrogens (tertiary/aromatic N) is 3. The van der Waals surface area contributed by atoms with Crippen LogP contribution in [-0.4, -0.2) is 53.5 Å². The van der Waals surface area contributed by atoms with Crippen molar-refractivity contribution in [2.75, 3.05) is 26.8 Å². The van der Waals surface area contributed by atoms with Gasteiger partial charge in [0, 0.05) is 32.8 Å². The molecule has 2 aromatic rings. The number of morpholine rings is 1. The van der Waals surface area contributed by atoms with Crippen molar-refractivity contribution in [1.29, 1.82) is 0 Å². The van der Waals surface area contributed by atoms with E-state index in [1.165, 1.54) is 0 Å². The van der Waals surface area contributed by atoms with Crippen LogP contribution in [0.4, 0.5) is 0 Å². The molecule has 1 saturated heterocycles. The third-order valence-corrected chi connectivity index (χ3v) is 3.98. The summed E-state index contributed by atoms with van der Waals surface area (Å²) in [4.78, 5) is 14.3. The van der Waals surface area contributed by atoms with E-state index < -0.39 is 0 Å². The van der Waals surface area contributed by atoms with Gasteiger partial charge in [-0.2, -0.15) is 5.10 Å². The lowest BCUT2D eigenvalue weighted by atomic mass is 10.1. The molecule has 122 valence electrons. The fourth-order valence-corrected chi connectivity index (χ4v) is 2.80. The lowest BCUT2D eigenvalue weighted by Gasteiger charge is -2.33. The maximum Gasteiger partial charge on any atom is 0.257 e. The molecule has 0 aliphatic carbocycles. The zero-order chi connectivity index (χ0) is 16.2. The molecule has 0 radical (unpaired) electrons. The fraction of sp³-hybridized carbons (Fsp3) is 0.412. The number of aromatic nitrogens is 2. The summed E-state index contributed by atoms with van der Waals surface area (Å²) >= 11 is 0. The van der Waals surface area contributed by atoms with Gasteiger partial charge in [-0.3, -0.25) is 9.48 Å². The minimum atomic E-state index is -0.00326. The van der Waals surface area contributed by atoms with E-state index >= 15 is 0 Å². The Balaban J connectivity index is 1.64. The maximum atomic E-state index is 12.5. The molecule has 1 aromatic carbocycles. The predicted molar refractivity (Wildman–Crippen MR) is 85.5 cm³/mol. The molecule has 1 atom stereocenters. The van der Waals surface area contributed by atoms with Gasteiger partial charge in [-0.05, 0) is 17.7 Å². The molecule has 0 bridgehead atoms. The molecule has 0 unspecified atom stereocenters. The van der Waals surface area contributed by atoms with Gasteiger partial charge in [-0.1, -0.05) is 12.1 Å². The van der Waals surface area contributed by atoms with Crippen molar-refractivity contribution in [2.45, 2.75) is 12.5 Å². The number of ether oxygens (including phenoxy) is 2. The second-order valence-corrected chi connectivity index (χ2v) is 5.70. The predicted octanol–water partition coefficient (Wildman–Crippen LogP) is 1.51. The summed E-state index contributed by atoms with van der Waals surface area (Å²) < 4.78 is 12.7. The summed E-state index contributed by atoms with van der Waals surface area (Å²) in [5, 5.41) is 4.06. The average molecular weight is 315 g/mol. The molecule has 1 aliphatic heterocycles. The lowest BCUT2D eigenvalue weighted by molar-refractivity contribution is -0.0208. The lowest BCUT2D eigenvalue weighted by Crippen LogP contribution is -2.46. The Morgan fingerprint density at radius 3 is 3.09 bits per heavy atom. The number of hydrogen-bond donors (Lipinski definition) is 0. The Bertz CT molecular complexity index is 683. The molecule has 2 heterocycles. The Morgan fingerprint density at radius 2 is 2.35 bits per heavy atom. The largest absolute Gasteiger partial charge is 0.497 e. The van der Waals surface area contributed by atoms with Gasteiger partial charge in [-0.25, -0.2) is 0 Å². The van der Waals surface area contributed by atoms with Gasteiger partial charge in [-0.15, -0.1) is 0 Å². The highest BCUT2D eigenvalue weighted by Gasteiger charge is 2.25. The third kappa shape index (κ3) is 3.71. The molecular formula is C17H21N3O3. The first kappa shape index (κ1) is 15.6. The average Bonchev–Trinajstić information content (AvgIpc) is 3.01. The van der Waals surface area contributed by atoms with Crippen LogP contribution in [0.2, 0.25) is 0 Å². The molecule has 1 amide bonds. The van der Waals surface area contributed by atoms with Crippen molar-refractivity contribution in [3.63, 3.8) is 0 Å². The number of rotatable bonds is 4. The molecule has 1 aliphatic rings. The third-order valence-electron chi connectivity index (χ3n) is 3.98. The van der Waals surface area contributed by atoms with E-state index in [2.05, 4.69) is 5.10 Å². The van der Waals surface area contributed by atoms with Gasteiger partial charge in [0.15, 0.2) is 0 Å². The number of methoxy groups -OCH3 is 1. The van der Waals surface area contributed by atoms with E-state index in [1.54, 1.807) is 24.2 Å². The van der Waals surface area contributed by atoms with Gasteiger partial charge in [0.25, 0.3) is 5.91 Å². The first-order valence-corrected chi connectivity index (χ1v) is 7.68. The van der Waals surface area contributed by atoms with Gasteiger partial charge in [0.2, 0.25) is 0 Å². The number of benzene rings is 1. The molecule has 23 heavy (non-hydrogen) atoms. The van der Waals surface area contributed by atoms with E-state index in [9.17, 15) is 4.79 Å². The summed E-state index contributed by atoms with van der Waals surface area (Å²) in [5.74, 6) is 0.846. The van der Waals surface area contributed by atoms with Crippen LogP contribution in [0.25, 0.3) is 0 Å².